The Labute approximate surface area is 98.1 Å². The Kier molecular flexibility index (Phi) is 5.22. The van der Waals surface area contributed by atoms with Crippen LogP contribution in [0.25, 0.3) is 0 Å². The molecule has 3 N–H and O–H groups in total. The van der Waals surface area contributed by atoms with Gasteiger partial charge in [0.05, 0.1) is 0 Å². The first-order chi connectivity index (χ1) is 7.17. The minimum atomic E-state index is -0.180. The molecule has 0 aromatic heterocycles. The van der Waals surface area contributed by atoms with Gasteiger partial charge in [-0.2, -0.15) is 0 Å². The molecule has 1 aromatic carbocycles. The van der Waals surface area contributed by atoms with E-state index in [1.165, 1.54) is 6.07 Å². The van der Waals surface area contributed by atoms with E-state index < -0.39 is 0 Å². The van der Waals surface area contributed by atoms with E-state index >= 15 is 0 Å². The predicted octanol–water partition coefficient (Wildman–Crippen LogP) is 2.76. The molecule has 0 spiro atoms. The largest absolute Gasteiger partial charge is 0.271 e. The van der Waals surface area contributed by atoms with Crippen molar-refractivity contribution in [2.24, 2.45) is 5.84 Å². The van der Waals surface area contributed by atoms with Crippen LogP contribution in [0.2, 0.25) is 0 Å². The van der Waals surface area contributed by atoms with Crippen molar-refractivity contribution in [2.45, 2.75) is 32.2 Å². The smallest absolute Gasteiger partial charge is 0.127 e. The van der Waals surface area contributed by atoms with Gasteiger partial charge in [0.25, 0.3) is 0 Å². The minimum absolute atomic E-state index is 0.144. The number of benzene rings is 1. The Bertz CT molecular complexity index is 317. The molecule has 1 atom stereocenters. The van der Waals surface area contributed by atoms with Gasteiger partial charge >= 0.3 is 0 Å². The van der Waals surface area contributed by atoms with Gasteiger partial charge in [-0.3, -0.25) is 11.3 Å². The first kappa shape index (κ1) is 12.6. The molecule has 0 aliphatic carbocycles. The van der Waals surface area contributed by atoms with E-state index in [0.29, 0.717) is 12.0 Å². The maximum absolute atomic E-state index is 13.5. The standard InChI is InChI=1S/C11H16BrFN2/c1-2-3-10(15-14)6-8-4-5-9(12)7-11(8)13/h4-5,7,10,15H,2-3,6,14H2,1H3. The summed E-state index contributed by atoms with van der Waals surface area (Å²) in [4.78, 5) is 0. The summed E-state index contributed by atoms with van der Waals surface area (Å²) < 4.78 is 14.2. The number of rotatable bonds is 5. The Morgan fingerprint density at radius 3 is 2.80 bits per heavy atom. The second-order valence-electron chi connectivity index (χ2n) is 3.59. The van der Waals surface area contributed by atoms with Crippen LogP contribution in [0.1, 0.15) is 25.3 Å². The summed E-state index contributed by atoms with van der Waals surface area (Å²) in [5.41, 5.74) is 3.42. The predicted molar refractivity (Wildman–Crippen MR) is 63.8 cm³/mol. The summed E-state index contributed by atoms with van der Waals surface area (Å²) >= 11 is 3.23. The van der Waals surface area contributed by atoms with Gasteiger partial charge < -0.3 is 0 Å². The highest BCUT2D eigenvalue weighted by Crippen LogP contribution is 2.17. The van der Waals surface area contributed by atoms with Gasteiger partial charge in [0.15, 0.2) is 0 Å². The molecule has 1 rings (SSSR count). The van der Waals surface area contributed by atoms with E-state index in [1.54, 1.807) is 6.07 Å². The van der Waals surface area contributed by atoms with Crippen LogP contribution >= 0.6 is 15.9 Å². The number of halogens is 2. The van der Waals surface area contributed by atoms with Crippen LogP contribution in [0.5, 0.6) is 0 Å². The second-order valence-corrected chi connectivity index (χ2v) is 4.51. The van der Waals surface area contributed by atoms with Crippen LogP contribution in [0.3, 0.4) is 0 Å². The quantitative estimate of drug-likeness (QED) is 0.640. The molecule has 0 radical (unpaired) electrons. The molecule has 0 fully saturated rings. The van der Waals surface area contributed by atoms with Crippen molar-refractivity contribution < 1.29 is 4.39 Å². The zero-order valence-corrected chi connectivity index (χ0v) is 10.3. The van der Waals surface area contributed by atoms with Gasteiger partial charge in [-0.25, -0.2) is 4.39 Å². The Morgan fingerprint density at radius 1 is 1.53 bits per heavy atom. The summed E-state index contributed by atoms with van der Waals surface area (Å²) in [6, 6.07) is 5.26. The van der Waals surface area contributed by atoms with Gasteiger partial charge in [0, 0.05) is 10.5 Å². The third-order valence-electron chi connectivity index (χ3n) is 2.35. The van der Waals surface area contributed by atoms with Crippen molar-refractivity contribution >= 4 is 15.9 Å². The topological polar surface area (TPSA) is 38.0 Å². The van der Waals surface area contributed by atoms with Gasteiger partial charge in [-0.05, 0) is 30.5 Å². The number of nitrogens with two attached hydrogens (primary N) is 1. The van der Waals surface area contributed by atoms with Gasteiger partial charge in [0.2, 0.25) is 0 Å². The van der Waals surface area contributed by atoms with E-state index in [0.717, 1.165) is 17.3 Å². The number of hydrazine groups is 1. The Morgan fingerprint density at radius 2 is 2.27 bits per heavy atom. The van der Waals surface area contributed by atoms with E-state index in [9.17, 15) is 4.39 Å². The van der Waals surface area contributed by atoms with Crippen LogP contribution < -0.4 is 11.3 Å². The van der Waals surface area contributed by atoms with Gasteiger partial charge in [-0.1, -0.05) is 35.3 Å². The summed E-state index contributed by atoms with van der Waals surface area (Å²) in [6.45, 7) is 2.09. The zero-order valence-electron chi connectivity index (χ0n) is 8.76. The fourth-order valence-corrected chi connectivity index (χ4v) is 1.88. The molecule has 2 nitrogen and oxygen atoms in total. The van der Waals surface area contributed by atoms with E-state index in [4.69, 9.17) is 5.84 Å². The third kappa shape index (κ3) is 3.89. The molecule has 0 saturated carbocycles. The van der Waals surface area contributed by atoms with Crippen LogP contribution in [0, 0.1) is 5.82 Å². The van der Waals surface area contributed by atoms with Crippen molar-refractivity contribution in [1.29, 1.82) is 0 Å². The summed E-state index contributed by atoms with van der Waals surface area (Å²) in [5, 5.41) is 0. The van der Waals surface area contributed by atoms with E-state index in [2.05, 4.69) is 28.3 Å². The monoisotopic (exact) mass is 274 g/mol. The molecule has 1 unspecified atom stereocenters. The fraction of sp³-hybridized carbons (Fsp3) is 0.455. The molecule has 0 saturated heterocycles. The molecule has 0 aliphatic rings. The first-order valence-electron chi connectivity index (χ1n) is 5.07. The number of nitrogens with one attached hydrogen (secondary N) is 1. The molecular weight excluding hydrogens is 259 g/mol. The maximum atomic E-state index is 13.5. The molecule has 4 heteroatoms. The van der Waals surface area contributed by atoms with Crippen LogP contribution in [0.15, 0.2) is 22.7 Å². The lowest BCUT2D eigenvalue weighted by molar-refractivity contribution is 0.475. The second kappa shape index (κ2) is 6.20. The molecule has 0 heterocycles. The minimum Gasteiger partial charge on any atom is -0.271 e. The normalized spacial score (nSPS) is 12.8. The van der Waals surface area contributed by atoms with Gasteiger partial charge in [0.1, 0.15) is 5.82 Å². The molecule has 0 aliphatic heterocycles. The Hall–Kier alpha value is -0.450. The summed E-state index contributed by atoms with van der Waals surface area (Å²) in [5.74, 6) is 5.23. The lowest BCUT2D eigenvalue weighted by Crippen LogP contribution is -2.36. The van der Waals surface area contributed by atoms with Gasteiger partial charge in [-0.15, -0.1) is 0 Å². The Balaban J connectivity index is 2.70. The van der Waals surface area contributed by atoms with Crippen LogP contribution in [-0.2, 0) is 6.42 Å². The average Bonchev–Trinajstić information content (AvgIpc) is 2.21. The lowest BCUT2D eigenvalue weighted by Gasteiger charge is -2.15. The highest BCUT2D eigenvalue weighted by molar-refractivity contribution is 9.10. The van der Waals surface area contributed by atoms with E-state index in [-0.39, 0.29) is 11.9 Å². The van der Waals surface area contributed by atoms with Crippen molar-refractivity contribution in [2.75, 3.05) is 0 Å². The molecular formula is C11H16BrFN2. The molecule has 15 heavy (non-hydrogen) atoms. The maximum Gasteiger partial charge on any atom is 0.127 e. The lowest BCUT2D eigenvalue weighted by atomic mass is 10.0. The van der Waals surface area contributed by atoms with Crippen molar-refractivity contribution in [1.82, 2.24) is 5.43 Å². The number of hydrogen-bond donors (Lipinski definition) is 2. The average molecular weight is 275 g/mol. The first-order valence-corrected chi connectivity index (χ1v) is 5.86. The zero-order chi connectivity index (χ0) is 11.3. The summed E-state index contributed by atoms with van der Waals surface area (Å²) in [6.07, 6.45) is 2.61. The third-order valence-corrected chi connectivity index (χ3v) is 2.85. The molecule has 0 bridgehead atoms. The molecule has 84 valence electrons. The van der Waals surface area contributed by atoms with Crippen LogP contribution in [0.4, 0.5) is 4.39 Å². The van der Waals surface area contributed by atoms with E-state index in [1.807, 2.05) is 6.07 Å². The van der Waals surface area contributed by atoms with Crippen LogP contribution in [-0.4, -0.2) is 6.04 Å². The highest BCUT2D eigenvalue weighted by atomic mass is 79.9. The van der Waals surface area contributed by atoms with Crippen molar-refractivity contribution in [3.63, 3.8) is 0 Å². The highest BCUT2D eigenvalue weighted by Gasteiger charge is 2.10. The number of hydrogen-bond acceptors (Lipinski definition) is 2. The SMILES string of the molecule is CCCC(Cc1ccc(Br)cc1F)NN. The fourth-order valence-electron chi connectivity index (χ4n) is 1.55. The van der Waals surface area contributed by atoms with Crippen molar-refractivity contribution in [3.8, 4) is 0 Å². The molecule has 0 amide bonds. The summed E-state index contributed by atoms with van der Waals surface area (Å²) in [7, 11) is 0. The molecule has 1 aromatic rings. The van der Waals surface area contributed by atoms with Crippen molar-refractivity contribution in [3.05, 3.63) is 34.1 Å².